The lowest BCUT2D eigenvalue weighted by Crippen LogP contribution is -2.14. The van der Waals surface area contributed by atoms with Gasteiger partial charge in [-0.2, -0.15) is 17.6 Å². The van der Waals surface area contributed by atoms with Crippen LogP contribution in [0, 0.1) is 87.3 Å². The molecule has 24 heteroatoms. The third kappa shape index (κ3) is 17.2. The van der Waals surface area contributed by atoms with E-state index in [9.17, 15) is 85.0 Å². The molecule has 0 bridgehead atoms. The fraction of sp³-hybridized carbons (Fsp3) is 0.0476. The Labute approximate surface area is 483 Å². The smallest absolute Gasteiger partial charge is 0.343 e. The maximum absolute atomic E-state index is 13.4. The minimum absolute atomic E-state index is 0.0551. The first-order valence-corrected chi connectivity index (χ1v) is 24.3. The summed E-state index contributed by atoms with van der Waals surface area (Å²) in [5.41, 5.74) is 2.59. The average Bonchev–Trinajstić information content (AvgIpc) is 2.41. The van der Waals surface area contributed by atoms with Crippen molar-refractivity contribution >= 4 is 48.2 Å². The first kappa shape index (κ1) is 67.1. The van der Waals surface area contributed by atoms with Gasteiger partial charge in [0.2, 0.25) is 69.7 Å². The monoisotopic (exact) mass is 1220 g/mol. The van der Waals surface area contributed by atoms with Crippen molar-refractivity contribution in [3.8, 4) is 17.2 Å². The van der Waals surface area contributed by atoms with E-state index in [1.807, 2.05) is 30.3 Å². The van der Waals surface area contributed by atoms with Crippen molar-refractivity contribution in [1.29, 1.82) is 0 Å². The van der Waals surface area contributed by atoms with Gasteiger partial charge in [0.15, 0.2) is 29.0 Å². The van der Waals surface area contributed by atoms with E-state index in [2.05, 4.69) is 40.5 Å². The van der Waals surface area contributed by atoms with Gasteiger partial charge in [-0.15, -0.1) is 0 Å². The van der Waals surface area contributed by atoms with E-state index >= 15 is 0 Å². The molecule has 8 rings (SSSR count). The van der Waals surface area contributed by atoms with E-state index in [1.165, 1.54) is 60.7 Å². The Morgan fingerprint density at radius 3 is 0.943 bits per heavy atom. The van der Waals surface area contributed by atoms with Crippen LogP contribution in [0.3, 0.4) is 0 Å². The molecule has 87 heavy (non-hydrogen) atoms. The van der Waals surface area contributed by atoms with E-state index in [-0.39, 0.29) is 22.7 Å². The number of carbonyl (C=O) groups is 4. The summed E-state index contributed by atoms with van der Waals surface area (Å²) in [5, 5.41) is 0. The standard InChI is InChI=1S/C17H11F5O3.C16H9F5O2.C15H7F5O2.C15H12O2/c1-2-9-3-5-10(6-4-9)17(23)25-8-7-24-16-14(21)12(19)11(18)13(20)15(16)22;1-2-8-3-5-9(6-4-8)16(22)23-7-10-11(17)13(19)15(21)14(20)12(10)18;1-2-7-3-5-8(6-4-7)15(21)22-14-12(19)10(17)9(16)11(18)13(14)20;1-2-12-8-10-13(11-9-12)15(16)17-14-6-4-3-5-7-14/h2-6H,1,7-8H2;2-6H,1,7H2;2-6H,1H2;2-11H,1H2. The Morgan fingerprint density at radius 1 is 0.310 bits per heavy atom. The maximum atomic E-state index is 13.4. The molecular formula is C63H39F15O9. The van der Waals surface area contributed by atoms with Gasteiger partial charge in [0, 0.05) is 0 Å². The molecule has 0 unspecified atom stereocenters. The van der Waals surface area contributed by atoms with Crippen LogP contribution in [-0.2, 0) is 16.1 Å². The molecule has 0 N–H and O–H groups in total. The van der Waals surface area contributed by atoms with Gasteiger partial charge < -0.3 is 23.7 Å². The van der Waals surface area contributed by atoms with E-state index in [0.717, 1.165) is 16.7 Å². The van der Waals surface area contributed by atoms with E-state index in [0.29, 0.717) is 16.9 Å². The summed E-state index contributed by atoms with van der Waals surface area (Å²) in [6.07, 6.45) is 6.32. The molecule has 0 amide bonds. The summed E-state index contributed by atoms with van der Waals surface area (Å²) in [4.78, 5) is 46.9. The fourth-order valence-corrected chi connectivity index (χ4v) is 6.57. The third-order valence-corrected chi connectivity index (χ3v) is 11.2. The lowest BCUT2D eigenvalue weighted by molar-refractivity contribution is 0.0441. The molecular weight excluding hydrogens is 1190 g/mol. The number of ether oxygens (including phenoxy) is 5. The summed E-state index contributed by atoms with van der Waals surface area (Å²) in [6.45, 7) is 12.1. The minimum Gasteiger partial charge on any atom is -0.484 e. The largest absolute Gasteiger partial charge is 0.484 e. The van der Waals surface area contributed by atoms with Crippen LogP contribution >= 0.6 is 0 Å². The molecule has 0 atom stereocenters. The molecule has 0 aliphatic rings. The van der Waals surface area contributed by atoms with Crippen molar-refractivity contribution in [3.63, 3.8) is 0 Å². The van der Waals surface area contributed by atoms with E-state index in [4.69, 9.17) is 9.47 Å². The molecule has 0 aliphatic heterocycles. The molecule has 8 aromatic rings. The molecule has 0 saturated heterocycles. The van der Waals surface area contributed by atoms with Crippen LogP contribution in [0.5, 0.6) is 17.2 Å². The molecule has 0 heterocycles. The van der Waals surface area contributed by atoms with Gasteiger partial charge in [0.25, 0.3) is 0 Å². The van der Waals surface area contributed by atoms with Gasteiger partial charge >= 0.3 is 23.9 Å². The van der Waals surface area contributed by atoms with Gasteiger partial charge in [-0.25, -0.2) is 67.5 Å². The second-order valence-corrected chi connectivity index (χ2v) is 16.8. The summed E-state index contributed by atoms with van der Waals surface area (Å²) in [7, 11) is 0. The zero-order valence-corrected chi connectivity index (χ0v) is 44.2. The lowest BCUT2D eigenvalue weighted by Gasteiger charge is -2.10. The predicted molar refractivity (Wildman–Crippen MR) is 286 cm³/mol. The number of para-hydroxylation sites is 1. The molecule has 9 nitrogen and oxygen atoms in total. The summed E-state index contributed by atoms with van der Waals surface area (Å²) in [6, 6.07) is 33.6. The molecule has 0 radical (unpaired) electrons. The Morgan fingerprint density at radius 2 is 0.598 bits per heavy atom. The Kier molecular flexibility index (Phi) is 24.2. The highest BCUT2D eigenvalue weighted by atomic mass is 19.2. The first-order valence-electron chi connectivity index (χ1n) is 24.3. The van der Waals surface area contributed by atoms with Crippen molar-refractivity contribution in [2.75, 3.05) is 13.2 Å². The number of benzene rings is 8. The molecule has 0 spiro atoms. The third-order valence-electron chi connectivity index (χ3n) is 11.2. The van der Waals surface area contributed by atoms with Crippen molar-refractivity contribution in [1.82, 2.24) is 0 Å². The number of hydrogen-bond donors (Lipinski definition) is 0. The number of carbonyl (C=O) groups excluding carboxylic acids is 4. The second kappa shape index (κ2) is 31.3. The molecule has 0 saturated carbocycles. The van der Waals surface area contributed by atoms with Crippen LogP contribution in [0.25, 0.3) is 24.3 Å². The van der Waals surface area contributed by atoms with Gasteiger partial charge in [-0.05, 0) is 82.9 Å². The van der Waals surface area contributed by atoms with Gasteiger partial charge in [-0.1, -0.05) is 117 Å². The van der Waals surface area contributed by atoms with Gasteiger partial charge in [0.05, 0.1) is 27.8 Å². The highest BCUT2D eigenvalue weighted by Gasteiger charge is 2.30. The van der Waals surface area contributed by atoms with Crippen LogP contribution in [-0.4, -0.2) is 37.1 Å². The lowest BCUT2D eigenvalue weighted by atomic mass is 10.1. The summed E-state index contributed by atoms with van der Waals surface area (Å²) in [5.74, 6) is -38.2. The van der Waals surface area contributed by atoms with Gasteiger partial charge in [0.1, 0.15) is 25.6 Å². The topological polar surface area (TPSA) is 114 Å². The van der Waals surface area contributed by atoms with Crippen LogP contribution < -0.4 is 14.2 Å². The van der Waals surface area contributed by atoms with Gasteiger partial charge in [-0.3, -0.25) is 0 Å². The van der Waals surface area contributed by atoms with Crippen LogP contribution in [0.15, 0.2) is 154 Å². The van der Waals surface area contributed by atoms with Crippen LogP contribution in [0.1, 0.15) is 69.2 Å². The zero-order valence-electron chi connectivity index (χ0n) is 44.2. The molecule has 0 aromatic heterocycles. The molecule has 0 fully saturated rings. The van der Waals surface area contributed by atoms with E-state index < -0.39 is 142 Å². The SMILES string of the molecule is C=Cc1ccc(C(=O)OCCOc2c(F)c(F)c(F)c(F)c2F)cc1.C=Cc1ccc(C(=O)OCc2c(F)c(F)c(F)c(F)c2F)cc1.C=Cc1ccc(C(=O)Oc2c(F)c(F)c(F)c(F)c2F)cc1.C=Cc1ccc(C(=O)Oc2ccccc2)cc1. The Bertz CT molecular complexity index is 3760. The number of halogens is 15. The Hall–Kier alpha value is -10.7. The predicted octanol–water partition coefficient (Wildman–Crippen LogP) is 16.4. The van der Waals surface area contributed by atoms with E-state index in [1.54, 1.807) is 60.7 Å². The molecule has 8 aromatic carbocycles. The highest BCUT2D eigenvalue weighted by Crippen LogP contribution is 2.31. The number of hydrogen-bond acceptors (Lipinski definition) is 9. The molecule has 450 valence electrons. The maximum Gasteiger partial charge on any atom is 0.343 e. The number of rotatable bonds is 16. The average molecular weight is 1220 g/mol. The van der Waals surface area contributed by atoms with Crippen molar-refractivity contribution < 1.29 is 109 Å². The number of esters is 4. The van der Waals surface area contributed by atoms with Crippen molar-refractivity contribution in [2.45, 2.75) is 6.61 Å². The van der Waals surface area contributed by atoms with Crippen LogP contribution in [0.2, 0.25) is 0 Å². The van der Waals surface area contributed by atoms with Crippen LogP contribution in [0.4, 0.5) is 65.9 Å². The normalized spacial score (nSPS) is 10.3. The Balaban J connectivity index is 0.000000213. The second-order valence-electron chi connectivity index (χ2n) is 16.8. The minimum atomic E-state index is -2.33. The first-order chi connectivity index (χ1) is 41.4. The molecule has 0 aliphatic carbocycles. The quantitative estimate of drug-likeness (QED) is 0.0233. The zero-order chi connectivity index (χ0) is 64.2. The summed E-state index contributed by atoms with van der Waals surface area (Å²) < 4.78 is 220. The fourth-order valence-electron chi connectivity index (χ4n) is 6.57. The van der Waals surface area contributed by atoms with Crippen molar-refractivity contribution in [2.24, 2.45) is 0 Å². The highest BCUT2D eigenvalue weighted by molar-refractivity contribution is 5.92. The van der Waals surface area contributed by atoms with Crippen molar-refractivity contribution in [3.05, 3.63) is 291 Å². The summed E-state index contributed by atoms with van der Waals surface area (Å²) >= 11 is 0.